The lowest BCUT2D eigenvalue weighted by Crippen LogP contribution is -2.37. The molecule has 16 heavy (non-hydrogen) atoms. The standard InChI is InChI=1S/C12H18N2O2/c1-3-7-13-12(16)14-9(2)10-5-4-6-11(15)8-10/h4-6,8-9,15H,3,7H2,1-2H3,(H2,13,14,16). The highest BCUT2D eigenvalue weighted by atomic mass is 16.3. The molecule has 1 aromatic carbocycles. The highest BCUT2D eigenvalue weighted by Gasteiger charge is 2.08. The molecule has 1 unspecified atom stereocenters. The molecule has 4 nitrogen and oxygen atoms in total. The molecule has 2 amide bonds. The molecule has 4 heteroatoms. The van der Waals surface area contributed by atoms with Gasteiger partial charge in [0.1, 0.15) is 5.75 Å². The van der Waals surface area contributed by atoms with Gasteiger partial charge in [-0.2, -0.15) is 0 Å². The fraction of sp³-hybridized carbons (Fsp3) is 0.417. The zero-order valence-electron chi connectivity index (χ0n) is 9.66. The summed E-state index contributed by atoms with van der Waals surface area (Å²) in [6.45, 7) is 4.54. The van der Waals surface area contributed by atoms with Gasteiger partial charge in [0.15, 0.2) is 0 Å². The first-order valence-electron chi connectivity index (χ1n) is 5.46. The molecule has 0 saturated carbocycles. The number of urea groups is 1. The number of phenolic OH excluding ortho intramolecular Hbond substituents is 1. The normalized spacial score (nSPS) is 11.9. The van der Waals surface area contributed by atoms with Crippen molar-refractivity contribution >= 4 is 6.03 Å². The molecule has 0 bridgehead atoms. The second-order valence-electron chi connectivity index (χ2n) is 3.72. The van der Waals surface area contributed by atoms with E-state index in [-0.39, 0.29) is 17.8 Å². The highest BCUT2D eigenvalue weighted by Crippen LogP contribution is 2.17. The fourth-order valence-electron chi connectivity index (χ4n) is 1.36. The lowest BCUT2D eigenvalue weighted by atomic mass is 10.1. The van der Waals surface area contributed by atoms with E-state index in [1.165, 1.54) is 0 Å². The van der Waals surface area contributed by atoms with Crippen molar-refractivity contribution in [2.75, 3.05) is 6.54 Å². The van der Waals surface area contributed by atoms with Crippen molar-refractivity contribution in [2.24, 2.45) is 0 Å². The molecule has 0 spiro atoms. The van der Waals surface area contributed by atoms with Gasteiger partial charge < -0.3 is 15.7 Å². The summed E-state index contributed by atoms with van der Waals surface area (Å²) in [4.78, 5) is 11.4. The Morgan fingerprint density at radius 3 is 2.88 bits per heavy atom. The number of nitrogens with one attached hydrogen (secondary N) is 2. The Morgan fingerprint density at radius 2 is 2.25 bits per heavy atom. The van der Waals surface area contributed by atoms with Gasteiger partial charge in [-0.1, -0.05) is 19.1 Å². The van der Waals surface area contributed by atoms with Crippen molar-refractivity contribution in [1.29, 1.82) is 0 Å². The summed E-state index contributed by atoms with van der Waals surface area (Å²) in [5.41, 5.74) is 0.881. The van der Waals surface area contributed by atoms with Crippen LogP contribution in [0.25, 0.3) is 0 Å². The first kappa shape index (κ1) is 12.4. The Bertz CT molecular complexity index is 353. The van der Waals surface area contributed by atoms with E-state index in [4.69, 9.17) is 0 Å². The average Bonchev–Trinajstić information content (AvgIpc) is 2.26. The summed E-state index contributed by atoms with van der Waals surface area (Å²) >= 11 is 0. The molecular formula is C12H18N2O2. The first-order chi connectivity index (χ1) is 7.63. The molecule has 1 atom stereocenters. The smallest absolute Gasteiger partial charge is 0.315 e. The number of benzene rings is 1. The molecular weight excluding hydrogens is 204 g/mol. The quantitative estimate of drug-likeness (QED) is 0.731. The maximum absolute atomic E-state index is 11.4. The molecule has 1 rings (SSSR count). The minimum absolute atomic E-state index is 0.121. The molecule has 0 fully saturated rings. The van der Waals surface area contributed by atoms with Crippen LogP contribution in [0.3, 0.4) is 0 Å². The van der Waals surface area contributed by atoms with E-state index >= 15 is 0 Å². The zero-order valence-corrected chi connectivity index (χ0v) is 9.66. The van der Waals surface area contributed by atoms with Gasteiger partial charge in [-0.05, 0) is 31.0 Å². The number of carbonyl (C=O) groups is 1. The minimum atomic E-state index is -0.183. The topological polar surface area (TPSA) is 61.4 Å². The van der Waals surface area contributed by atoms with Crippen molar-refractivity contribution in [3.63, 3.8) is 0 Å². The summed E-state index contributed by atoms with van der Waals surface area (Å²) in [7, 11) is 0. The van der Waals surface area contributed by atoms with Crippen LogP contribution in [0.1, 0.15) is 31.9 Å². The summed E-state index contributed by atoms with van der Waals surface area (Å²) in [6.07, 6.45) is 0.911. The van der Waals surface area contributed by atoms with E-state index < -0.39 is 0 Å². The largest absolute Gasteiger partial charge is 0.508 e. The predicted octanol–water partition coefficient (Wildman–Crippen LogP) is 2.16. The van der Waals surface area contributed by atoms with E-state index in [9.17, 15) is 9.90 Å². The number of carbonyl (C=O) groups excluding carboxylic acids is 1. The van der Waals surface area contributed by atoms with Crippen molar-refractivity contribution in [2.45, 2.75) is 26.3 Å². The Labute approximate surface area is 95.7 Å². The van der Waals surface area contributed by atoms with E-state index in [1.54, 1.807) is 18.2 Å². The Kier molecular flexibility index (Phi) is 4.64. The van der Waals surface area contributed by atoms with Crippen LogP contribution >= 0.6 is 0 Å². The van der Waals surface area contributed by atoms with Gasteiger partial charge in [0.25, 0.3) is 0 Å². The molecule has 0 radical (unpaired) electrons. The van der Waals surface area contributed by atoms with Crippen LogP contribution in [0, 0.1) is 0 Å². The number of hydrogen-bond acceptors (Lipinski definition) is 2. The number of rotatable bonds is 4. The SMILES string of the molecule is CCCNC(=O)NC(C)c1cccc(O)c1. The van der Waals surface area contributed by atoms with Gasteiger partial charge in [-0.3, -0.25) is 0 Å². The Balaban J connectivity index is 2.52. The van der Waals surface area contributed by atoms with Crippen molar-refractivity contribution in [3.05, 3.63) is 29.8 Å². The fourth-order valence-corrected chi connectivity index (χ4v) is 1.36. The van der Waals surface area contributed by atoms with Gasteiger partial charge in [0.05, 0.1) is 6.04 Å². The molecule has 0 saturated heterocycles. The van der Waals surface area contributed by atoms with Gasteiger partial charge >= 0.3 is 6.03 Å². The van der Waals surface area contributed by atoms with E-state index in [0.717, 1.165) is 12.0 Å². The van der Waals surface area contributed by atoms with Crippen LogP contribution in [-0.2, 0) is 0 Å². The van der Waals surface area contributed by atoms with Crippen molar-refractivity contribution in [1.82, 2.24) is 10.6 Å². The van der Waals surface area contributed by atoms with Crippen LogP contribution in [0.5, 0.6) is 5.75 Å². The van der Waals surface area contributed by atoms with Gasteiger partial charge in [-0.15, -0.1) is 0 Å². The number of aromatic hydroxyl groups is 1. The summed E-state index contributed by atoms with van der Waals surface area (Å²) in [6, 6.07) is 6.57. The molecule has 0 aliphatic heterocycles. The summed E-state index contributed by atoms with van der Waals surface area (Å²) in [5, 5.41) is 14.8. The number of hydrogen-bond donors (Lipinski definition) is 3. The lowest BCUT2D eigenvalue weighted by Gasteiger charge is -2.14. The third-order valence-corrected chi connectivity index (χ3v) is 2.25. The molecule has 0 aliphatic rings. The van der Waals surface area contributed by atoms with Crippen molar-refractivity contribution in [3.8, 4) is 5.75 Å². The third kappa shape index (κ3) is 3.81. The monoisotopic (exact) mass is 222 g/mol. The highest BCUT2D eigenvalue weighted by molar-refractivity contribution is 5.74. The maximum atomic E-state index is 11.4. The van der Waals surface area contributed by atoms with Crippen LogP contribution < -0.4 is 10.6 Å². The maximum Gasteiger partial charge on any atom is 0.315 e. The van der Waals surface area contributed by atoms with E-state index in [1.807, 2.05) is 19.9 Å². The predicted molar refractivity (Wildman–Crippen MR) is 63.3 cm³/mol. The second kappa shape index (κ2) is 6.00. The van der Waals surface area contributed by atoms with Crippen LogP contribution in [0.4, 0.5) is 4.79 Å². The van der Waals surface area contributed by atoms with Gasteiger partial charge in [0.2, 0.25) is 0 Å². The molecule has 3 N–H and O–H groups in total. The lowest BCUT2D eigenvalue weighted by molar-refractivity contribution is 0.238. The molecule has 0 aliphatic carbocycles. The molecule has 88 valence electrons. The zero-order chi connectivity index (χ0) is 12.0. The molecule has 0 heterocycles. The minimum Gasteiger partial charge on any atom is -0.508 e. The van der Waals surface area contributed by atoms with Crippen LogP contribution in [-0.4, -0.2) is 17.7 Å². The molecule has 1 aromatic rings. The van der Waals surface area contributed by atoms with Crippen molar-refractivity contribution < 1.29 is 9.90 Å². The van der Waals surface area contributed by atoms with Gasteiger partial charge in [0, 0.05) is 6.54 Å². The Hall–Kier alpha value is -1.71. The van der Waals surface area contributed by atoms with E-state index in [0.29, 0.717) is 6.54 Å². The first-order valence-corrected chi connectivity index (χ1v) is 5.46. The van der Waals surface area contributed by atoms with Gasteiger partial charge in [-0.25, -0.2) is 4.79 Å². The number of amides is 2. The third-order valence-electron chi connectivity index (χ3n) is 2.25. The van der Waals surface area contributed by atoms with Crippen LogP contribution in [0.15, 0.2) is 24.3 Å². The van der Waals surface area contributed by atoms with E-state index in [2.05, 4.69) is 10.6 Å². The molecule has 0 aromatic heterocycles. The van der Waals surface area contributed by atoms with Crippen LogP contribution in [0.2, 0.25) is 0 Å². The summed E-state index contributed by atoms with van der Waals surface area (Å²) in [5.74, 6) is 0.208. The Morgan fingerprint density at radius 1 is 1.50 bits per heavy atom. The second-order valence-corrected chi connectivity index (χ2v) is 3.72. The summed E-state index contributed by atoms with van der Waals surface area (Å²) < 4.78 is 0. The average molecular weight is 222 g/mol. The number of phenols is 1.